The Labute approximate surface area is 144 Å². The smallest absolute Gasteiger partial charge is 0.273 e. The van der Waals surface area contributed by atoms with Crippen LogP contribution >= 0.6 is 0 Å². The summed E-state index contributed by atoms with van der Waals surface area (Å²) in [6.45, 7) is 2.05. The summed E-state index contributed by atoms with van der Waals surface area (Å²) in [6, 6.07) is 3.97. The van der Waals surface area contributed by atoms with Gasteiger partial charge in [-0.05, 0) is 30.5 Å². The van der Waals surface area contributed by atoms with Crippen LogP contribution in [0.5, 0.6) is 0 Å². The Kier molecular flexibility index (Phi) is 5.18. The molecular weight excluding hydrogens is 328 g/mol. The Morgan fingerprint density at radius 3 is 2.60 bits per heavy atom. The molecule has 2 aromatic rings. The Morgan fingerprint density at radius 1 is 1.20 bits per heavy atom. The molecule has 0 bridgehead atoms. The van der Waals surface area contributed by atoms with Gasteiger partial charge in [0.1, 0.15) is 0 Å². The minimum Gasteiger partial charge on any atom is -0.382 e. The molecule has 3 rings (SSSR count). The normalized spacial score (nSPS) is 15.9. The number of likely N-dealkylation sites (tertiary alicyclic amines) is 1. The predicted molar refractivity (Wildman–Crippen MR) is 88.6 cm³/mol. The van der Waals surface area contributed by atoms with Crippen molar-refractivity contribution in [3.05, 3.63) is 53.5 Å². The van der Waals surface area contributed by atoms with E-state index in [0.29, 0.717) is 6.54 Å². The van der Waals surface area contributed by atoms with Gasteiger partial charge in [-0.3, -0.25) is 9.69 Å². The average Bonchev–Trinajstić information content (AvgIpc) is 2.60. The number of aromatic nitrogens is 2. The molecule has 0 unspecified atom stereocenters. The van der Waals surface area contributed by atoms with E-state index < -0.39 is 11.6 Å². The lowest BCUT2D eigenvalue weighted by Gasteiger charge is -2.32. The number of nitrogens with two attached hydrogens (primary N) is 1. The van der Waals surface area contributed by atoms with Gasteiger partial charge >= 0.3 is 0 Å². The molecule has 0 atom stereocenters. The van der Waals surface area contributed by atoms with Crippen LogP contribution in [0.4, 0.5) is 14.6 Å². The molecule has 8 heteroatoms. The second kappa shape index (κ2) is 7.52. The molecule has 1 aromatic heterocycles. The maximum atomic E-state index is 13.3. The van der Waals surface area contributed by atoms with Crippen LogP contribution in [0.1, 0.15) is 28.9 Å². The second-order valence-electron chi connectivity index (χ2n) is 6.06. The maximum absolute atomic E-state index is 13.3. The molecule has 0 radical (unpaired) electrons. The third-order valence-corrected chi connectivity index (χ3v) is 4.25. The molecule has 1 fully saturated rings. The molecule has 0 aliphatic carbocycles. The largest absolute Gasteiger partial charge is 0.382 e. The van der Waals surface area contributed by atoms with Gasteiger partial charge < -0.3 is 11.1 Å². The lowest BCUT2D eigenvalue weighted by atomic mass is 10.0. The van der Waals surface area contributed by atoms with E-state index >= 15 is 0 Å². The third kappa shape index (κ3) is 4.27. The SMILES string of the molecule is Nc1nccnc1C(=O)NC1CCN(Cc2ccc(F)c(F)c2)CC1. The molecule has 3 N–H and O–H groups in total. The number of carbonyl (C=O) groups is 1. The van der Waals surface area contributed by atoms with Crippen molar-refractivity contribution in [2.45, 2.75) is 25.4 Å². The molecule has 0 saturated carbocycles. The monoisotopic (exact) mass is 347 g/mol. The van der Waals surface area contributed by atoms with Crippen molar-refractivity contribution in [3.63, 3.8) is 0 Å². The highest BCUT2D eigenvalue weighted by atomic mass is 19.2. The first-order valence-electron chi connectivity index (χ1n) is 8.06. The van der Waals surface area contributed by atoms with Crippen LogP contribution in [0, 0.1) is 11.6 Å². The summed E-state index contributed by atoms with van der Waals surface area (Å²) < 4.78 is 26.2. The zero-order valence-electron chi connectivity index (χ0n) is 13.6. The molecule has 132 valence electrons. The van der Waals surface area contributed by atoms with Crippen LogP contribution in [0.25, 0.3) is 0 Å². The van der Waals surface area contributed by atoms with Crippen LogP contribution in [-0.2, 0) is 6.54 Å². The number of rotatable bonds is 4. The first-order chi connectivity index (χ1) is 12.0. The molecular formula is C17H19F2N5O. The summed E-state index contributed by atoms with van der Waals surface area (Å²) >= 11 is 0. The second-order valence-corrected chi connectivity index (χ2v) is 6.06. The molecule has 25 heavy (non-hydrogen) atoms. The number of amides is 1. The van der Waals surface area contributed by atoms with Crippen molar-refractivity contribution < 1.29 is 13.6 Å². The van der Waals surface area contributed by atoms with E-state index in [2.05, 4.69) is 20.2 Å². The van der Waals surface area contributed by atoms with Gasteiger partial charge in [0.05, 0.1) is 0 Å². The number of benzene rings is 1. The predicted octanol–water partition coefficient (Wildman–Crippen LogP) is 1.73. The number of piperidine rings is 1. The van der Waals surface area contributed by atoms with Gasteiger partial charge in [0.2, 0.25) is 0 Å². The molecule has 1 aromatic carbocycles. The molecule has 2 heterocycles. The van der Waals surface area contributed by atoms with E-state index in [9.17, 15) is 13.6 Å². The molecule has 1 aliphatic rings. The Hall–Kier alpha value is -2.61. The first-order valence-corrected chi connectivity index (χ1v) is 8.06. The highest BCUT2D eigenvalue weighted by molar-refractivity contribution is 5.96. The van der Waals surface area contributed by atoms with Gasteiger partial charge in [0.25, 0.3) is 5.91 Å². The number of nitrogens with zero attached hydrogens (tertiary/aromatic N) is 3. The fourth-order valence-corrected chi connectivity index (χ4v) is 2.91. The van der Waals surface area contributed by atoms with Crippen LogP contribution < -0.4 is 11.1 Å². The summed E-state index contributed by atoms with van der Waals surface area (Å²) in [7, 11) is 0. The van der Waals surface area contributed by atoms with E-state index in [-0.39, 0.29) is 23.5 Å². The van der Waals surface area contributed by atoms with Crippen LogP contribution in [0.2, 0.25) is 0 Å². The van der Waals surface area contributed by atoms with Gasteiger partial charge in [-0.2, -0.15) is 0 Å². The van der Waals surface area contributed by atoms with E-state index in [1.54, 1.807) is 6.07 Å². The third-order valence-electron chi connectivity index (χ3n) is 4.25. The lowest BCUT2D eigenvalue weighted by Crippen LogP contribution is -2.44. The van der Waals surface area contributed by atoms with Gasteiger partial charge in [-0.25, -0.2) is 18.7 Å². The number of hydrogen-bond acceptors (Lipinski definition) is 5. The molecule has 1 amide bonds. The van der Waals surface area contributed by atoms with Crippen molar-refractivity contribution >= 4 is 11.7 Å². The number of nitrogen functional groups attached to an aromatic ring is 1. The van der Waals surface area contributed by atoms with Crippen LogP contribution in [0.15, 0.2) is 30.6 Å². The summed E-state index contributed by atoms with van der Waals surface area (Å²) in [6.07, 6.45) is 4.38. The lowest BCUT2D eigenvalue weighted by molar-refractivity contribution is 0.0904. The van der Waals surface area contributed by atoms with Crippen molar-refractivity contribution in [1.29, 1.82) is 0 Å². The summed E-state index contributed by atoms with van der Waals surface area (Å²) in [4.78, 5) is 22.1. The number of halogens is 2. The first kappa shape index (κ1) is 17.2. The Bertz CT molecular complexity index is 762. The van der Waals surface area contributed by atoms with Crippen molar-refractivity contribution in [1.82, 2.24) is 20.2 Å². The Balaban J connectivity index is 1.51. The number of hydrogen-bond donors (Lipinski definition) is 2. The van der Waals surface area contributed by atoms with Gasteiger partial charge in [-0.15, -0.1) is 0 Å². The van der Waals surface area contributed by atoms with E-state index in [4.69, 9.17) is 5.73 Å². The minimum absolute atomic E-state index is 0.0233. The number of nitrogens with one attached hydrogen (secondary N) is 1. The zero-order chi connectivity index (χ0) is 17.8. The molecule has 1 saturated heterocycles. The van der Waals surface area contributed by atoms with Crippen LogP contribution in [-0.4, -0.2) is 39.9 Å². The fraction of sp³-hybridized carbons (Fsp3) is 0.353. The van der Waals surface area contributed by atoms with Crippen molar-refractivity contribution in [3.8, 4) is 0 Å². The molecule has 6 nitrogen and oxygen atoms in total. The van der Waals surface area contributed by atoms with Crippen LogP contribution in [0.3, 0.4) is 0 Å². The van der Waals surface area contributed by atoms with Crippen molar-refractivity contribution in [2.75, 3.05) is 18.8 Å². The van der Waals surface area contributed by atoms with Gasteiger partial charge in [-0.1, -0.05) is 6.07 Å². The zero-order valence-corrected chi connectivity index (χ0v) is 13.6. The van der Waals surface area contributed by atoms with Gasteiger partial charge in [0, 0.05) is 38.1 Å². The quantitative estimate of drug-likeness (QED) is 0.880. The molecule has 0 spiro atoms. The van der Waals surface area contributed by atoms with Crippen molar-refractivity contribution in [2.24, 2.45) is 0 Å². The average molecular weight is 347 g/mol. The molecule has 1 aliphatic heterocycles. The standard InChI is InChI=1S/C17H19F2N5O/c18-13-2-1-11(9-14(13)19)10-24-7-3-12(4-8-24)23-17(25)15-16(20)22-6-5-21-15/h1-2,5-6,9,12H,3-4,7-8,10H2,(H2,20,22)(H,23,25). The summed E-state index contributed by atoms with van der Waals surface area (Å²) in [5.74, 6) is -1.89. The van der Waals surface area contributed by atoms with E-state index in [1.807, 2.05) is 0 Å². The maximum Gasteiger partial charge on any atom is 0.273 e. The number of carbonyl (C=O) groups excluding carboxylic acids is 1. The highest BCUT2D eigenvalue weighted by Gasteiger charge is 2.22. The fourth-order valence-electron chi connectivity index (χ4n) is 2.91. The Morgan fingerprint density at radius 2 is 1.92 bits per heavy atom. The van der Waals surface area contributed by atoms with E-state index in [0.717, 1.165) is 37.6 Å². The summed E-state index contributed by atoms with van der Waals surface area (Å²) in [5.41, 5.74) is 6.52. The highest BCUT2D eigenvalue weighted by Crippen LogP contribution is 2.16. The van der Waals surface area contributed by atoms with E-state index in [1.165, 1.54) is 18.5 Å². The minimum atomic E-state index is -0.839. The van der Waals surface area contributed by atoms with Gasteiger partial charge in [0.15, 0.2) is 23.1 Å². The summed E-state index contributed by atoms with van der Waals surface area (Å²) in [5, 5.41) is 2.92. The topological polar surface area (TPSA) is 84.1 Å². The number of anilines is 1.